The van der Waals surface area contributed by atoms with E-state index in [1.165, 1.54) is 18.6 Å². The number of halogens is 1. The lowest BCUT2D eigenvalue weighted by Gasteiger charge is -2.30. The Morgan fingerprint density at radius 3 is 2.74 bits per heavy atom. The molecule has 0 amide bonds. The SMILES string of the molecule is CC1SCCCC1Nc1cc2c(cc1Cl)OCCO2. The predicted octanol–water partition coefficient (Wildman–Crippen LogP) is 3.81. The Hall–Kier alpha value is -0.740. The number of ether oxygens (including phenoxy) is 2. The summed E-state index contributed by atoms with van der Waals surface area (Å²) in [7, 11) is 0. The molecule has 19 heavy (non-hydrogen) atoms. The van der Waals surface area contributed by atoms with E-state index in [4.69, 9.17) is 21.1 Å². The standard InChI is InChI=1S/C14H18ClNO2S/c1-9-11(3-2-6-19-9)16-12-8-14-13(7-10(12)15)17-4-5-18-14/h7-9,11,16H,2-6H2,1H3. The molecule has 1 aromatic carbocycles. The van der Waals surface area contributed by atoms with E-state index in [0.717, 1.165) is 17.2 Å². The van der Waals surface area contributed by atoms with Gasteiger partial charge in [0.2, 0.25) is 0 Å². The zero-order valence-electron chi connectivity index (χ0n) is 10.9. The van der Waals surface area contributed by atoms with Crippen LogP contribution in [0.5, 0.6) is 11.5 Å². The van der Waals surface area contributed by atoms with Crippen LogP contribution >= 0.6 is 23.4 Å². The third-order valence-electron chi connectivity index (χ3n) is 3.58. The van der Waals surface area contributed by atoms with E-state index in [1.54, 1.807) is 0 Å². The van der Waals surface area contributed by atoms with Crippen molar-refractivity contribution in [1.82, 2.24) is 0 Å². The second-order valence-electron chi connectivity index (χ2n) is 4.94. The third kappa shape index (κ3) is 2.90. The number of hydrogen-bond acceptors (Lipinski definition) is 4. The summed E-state index contributed by atoms with van der Waals surface area (Å²) in [5.41, 5.74) is 0.949. The molecule has 3 rings (SSSR count). The molecule has 0 saturated carbocycles. The summed E-state index contributed by atoms with van der Waals surface area (Å²) in [6.07, 6.45) is 2.45. The van der Waals surface area contributed by atoms with Crippen LogP contribution in [0, 0.1) is 0 Å². The second kappa shape index (κ2) is 5.71. The molecule has 0 spiro atoms. The molecule has 3 nitrogen and oxygen atoms in total. The Labute approximate surface area is 123 Å². The van der Waals surface area contributed by atoms with Crippen LogP contribution in [0.1, 0.15) is 19.8 Å². The van der Waals surface area contributed by atoms with Crippen LogP contribution in [0.25, 0.3) is 0 Å². The molecule has 0 radical (unpaired) electrons. The molecule has 104 valence electrons. The van der Waals surface area contributed by atoms with Crippen LogP contribution in [0.15, 0.2) is 12.1 Å². The zero-order valence-corrected chi connectivity index (χ0v) is 12.5. The van der Waals surface area contributed by atoms with Crippen molar-refractivity contribution in [3.63, 3.8) is 0 Å². The zero-order chi connectivity index (χ0) is 13.2. The second-order valence-corrected chi connectivity index (χ2v) is 6.84. The molecule has 2 aliphatic rings. The quantitative estimate of drug-likeness (QED) is 0.899. The Kier molecular flexibility index (Phi) is 3.99. The number of hydrogen-bond donors (Lipinski definition) is 1. The molecule has 1 fully saturated rings. The summed E-state index contributed by atoms with van der Waals surface area (Å²) in [6.45, 7) is 3.46. The topological polar surface area (TPSA) is 30.5 Å². The smallest absolute Gasteiger partial charge is 0.163 e. The van der Waals surface area contributed by atoms with Gasteiger partial charge in [-0.15, -0.1) is 0 Å². The number of anilines is 1. The van der Waals surface area contributed by atoms with Crippen LogP contribution < -0.4 is 14.8 Å². The van der Waals surface area contributed by atoms with Crippen molar-refractivity contribution in [2.24, 2.45) is 0 Å². The van der Waals surface area contributed by atoms with Gasteiger partial charge in [-0.1, -0.05) is 18.5 Å². The summed E-state index contributed by atoms with van der Waals surface area (Å²) in [4.78, 5) is 0. The highest BCUT2D eigenvalue weighted by atomic mass is 35.5. The van der Waals surface area contributed by atoms with E-state index in [0.29, 0.717) is 29.5 Å². The first kappa shape index (κ1) is 13.3. The molecular weight excluding hydrogens is 282 g/mol. The molecule has 1 saturated heterocycles. The minimum Gasteiger partial charge on any atom is -0.486 e. The molecule has 2 atom stereocenters. The Bertz CT molecular complexity index is 469. The first-order valence-electron chi connectivity index (χ1n) is 6.71. The van der Waals surface area contributed by atoms with Gasteiger partial charge in [-0.05, 0) is 18.6 Å². The Balaban J connectivity index is 1.80. The number of rotatable bonds is 2. The lowest BCUT2D eigenvalue weighted by Crippen LogP contribution is -2.32. The Morgan fingerprint density at radius 2 is 2.00 bits per heavy atom. The van der Waals surface area contributed by atoms with Crippen LogP contribution in [0.2, 0.25) is 5.02 Å². The minimum absolute atomic E-state index is 0.471. The first-order valence-corrected chi connectivity index (χ1v) is 8.14. The lowest BCUT2D eigenvalue weighted by molar-refractivity contribution is 0.171. The number of nitrogens with one attached hydrogen (secondary N) is 1. The molecule has 0 aliphatic carbocycles. The molecule has 5 heteroatoms. The third-order valence-corrected chi connectivity index (χ3v) is 5.27. The first-order chi connectivity index (χ1) is 9.24. The van der Waals surface area contributed by atoms with Crippen LogP contribution in [-0.2, 0) is 0 Å². The fourth-order valence-corrected chi connectivity index (χ4v) is 3.84. The number of benzene rings is 1. The van der Waals surface area contributed by atoms with E-state index < -0.39 is 0 Å². The molecule has 2 aliphatic heterocycles. The normalized spacial score (nSPS) is 26.0. The van der Waals surface area contributed by atoms with Crippen molar-refractivity contribution in [3.05, 3.63) is 17.2 Å². The van der Waals surface area contributed by atoms with Gasteiger partial charge in [-0.3, -0.25) is 0 Å². The Morgan fingerprint density at radius 1 is 1.26 bits per heavy atom. The van der Waals surface area contributed by atoms with Crippen LogP contribution in [0.3, 0.4) is 0 Å². The fraction of sp³-hybridized carbons (Fsp3) is 0.571. The van der Waals surface area contributed by atoms with Gasteiger partial charge in [0.05, 0.1) is 10.7 Å². The van der Waals surface area contributed by atoms with Gasteiger partial charge < -0.3 is 14.8 Å². The molecular formula is C14H18ClNO2S. The van der Waals surface area contributed by atoms with E-state index in [9.17, 15) is 0 Å². The van der Waals surface area contributed by atoms with Gasteiger partial charge in [-0.25, -0.2) is 0 Å². The molecule has 2 unspecified atom stereocenters. The van der Waals surface area contributed by atoms with Gasteiger partial charge in [0, 0.05) is 23.4 Å². The van der Waals surface area contributed by atoms with Gasteiger partial charge >= 0.3 is 0 Å². The van der Waals surface area contributed by atoms with Gasteiger partial charge in [0.15, 0.2) is 11.5 Å². The van der Waals surface area contributed by atoms with Crippen molar-refractivity contribution in [2.75, 3.05) is 24.3 Å². The van der Waals surface area contributed by atoms with Crippen molar-refractivity contribution < 1.29 is 9.47 Å². The summed E-state index contributed by atoms with van der Waals surface area (Å²) in [6, 6.07) is 4.28. The largest absolute Gasteiger partial charge is 0.486 e. The van der Waals surface area contributed by atoms with E-state index in [-0.39, 0.29) is 0 Å². The molecule has 2 heterocycles. The predicted molar refractivity (Wildman–Crippen MR) is 81.0 cm³/mol. The van der Waals surface area contributed by atoms with Crippen molar-refractivity contribution >= 4 is 29.1 Å². The van der Waals surface area contributed by atoms with E-state index in [2.05, 4.69) is 12.2 Å². The molecule has 0 bridgehead atoms. The minimum atomic E-state index is 0.471. The van der Waals surface area contributed by atoms with E-state index >= 15 is 0 Å². The summed E-state index contributed by atoms with van der Waals surface area (Å²) in [5, 5.41) is 4.87. The van der Waals surface area contributed by atoms with Gasteiger partial charge in [-0.2, -0.15) is 11.8 Å². The van der Waals surface area contributed by atoms with E-state index in [1.807, 2.05) is 23.9 Å². The highest BCUT2D eigenvalue weighted by Gasteiger charge is 2.23. The summed E-state index contributed by atoms with van der Waals surface area (Å²) < 4.78 is 11.1. The molecule has 1 N–H and O–H groups in total. The monoisotopic (exact) mass is 299 g/mol. The molecule has 0 aromatic heterocycles. The fourth-order valence-electron chi connectivity index (χ4n) is 2.49. The van der Waals surface area contributed by atoms with Crippen molar-refractivity contribution in [1.29, 1.82) is 0 Å². The van der Waals surface area contributed by atoms with Crippen molar-refractivity contribution in [3.8, 4) is 11.5 Å². The molecule has 1 aromatic rings. The number of fused-ring (bicyclic) bond motifs is 1. The highest BCUT2D eigenvalue weighted by molar-refractivity contribution is 8.00. The maximum absolute atomic E-state index is 6.32. The van der Waals surface area contributed by atoms with Gasteiger partial charge in [0.25, 0.3) is 0 Å². The summed E-state index contributed by atoms with van der Waals surface area (Å²) >= 11 is 8.34. The highest BCUT2D eigenvalue weighted by Crippen LogP contribution is 2.39. The van der Waals surface area contributed by atoms with Crippen molar-refractivity contribution in [2.45, 2.75) is 31.1 Å². The summed E-state index contributed by atoms with van der Waals surface area (Å²) in [5.74, 6) is 2.79. The maximum atomic E-state index is 6.32. The van der Waals surface area contributed by atoms with Crippen LogP contribution in [-0.4, -0.2) is 30.3 Å². The lowest BCUT2D eigenvalue weighted by atomic mass is 10.1. The average molecular weight is 300 g/mol. The average Bonchev–Trinajstić information content (AvgIpc) is 2.42. The van der Waals surface area contributed by atoms with Gasteiger partial charge in [0.1, 0.15) is 13.2 Å². The number of thioether (sulfide) groups is 1. The maximum Gasteiger partial charge on any atom is 0.163 e. The van der Waals surface area contributed by atoms with Crippen LogP contribution in [0.4, 0.5) is 5.69 Å².